The molecule has 1 aliphatic rings. The number of primary sulfonamides is 1. The van der Waals surface area contributed by atoms with E-state index in [0.29, 0.717) is 13.2 Å². The van der Waals surface area contributed by atoms with Gasteiger partial charge in [-0.3, -0.25) is 4.79 Å². The smallest absolute Gasteiger partial charge is 0.278 e. The van der Waals surface area contributed by atoms with Crippen LogP contribution in [0.3, 0.4) is 0 Å². The summed E-state index contributed by atoms with van der Waals surface area (Å²) < 4.78 is 31.9. The second-order valence-electron chi connectivity index (χ2n) is 8.07. The standard InChI is InChI=1S/C23H24N8O4S/c1-2-10-30-22(32)18-15-25-23(26-16-6-8-17(9-7-16)29-11-13-35-14-12-29)28-21(18)31(30)19-4-3-5-20(27-19)36(24,33)34/h2-9,15H,1,10-14H2,(H2,24,33,34)(H,25,26,28). The molecule has 0 bridgehead atoms. The van der Waals surface area contributed by atoms with Gasteiger partial charge in [0.15, 0.2) is 16.5 Å². The molecule has 186 valence electrons. The Balaban J connectivity index is 1.54. The highest BCUT2D eigenvalue weighted by atomic mass is 32.2. The monoisotopic (exact) mass is 508 g/mol. The molecular weight excluding hydrogens is 484 g/mol. The van der Waals surface area contributed by atoms with Crippen LogP contribution in [-0.2, 0) is 21.3 Å². The number of nitrogens with zero attached hydrogens (tertiary/aromatic N) is 6. The van der Waals surface area contributed by atoms with Gasteiger partial charge in [0.2, 0.25) is 5.95 Å². The third-order valence-corrected chi connectivity index (χ3v) is 6.50. The summed E-state index contributed by atoms with van der Waals surface area (Å²) in [4.78, 5) is 28.3. The third kappa shape index (κ3) is 4.58. The first-order chi connectivity index (χ1) is 17.3. The Kier molecular flexibility index (Phi) is 6.26. The maximum Gasteiger partial charge on any atom is 0.278 e. The number of hydrogen-bond donors (Lipinski definition) is 2. The van der Waals surface area contributed by atoms with E-state index in [1.54, 1.807) is 12.1 Å². The number of sulfonamides is 1. The summed E-state index contributed by atoms with van der Waals surface area (Å²) in [6.07, 6.45) is 2.97. The summed E-state index contributed by atoms with van der Waals surface area (Å²) in [5.41, 5.74) is 1.74. The van der Waals surface area contributed by atoms with E-state index in [2.05, 4.69) is 31.7 Å². The lowest BCUT2D eigenvalue weighted by Gasteiger charge is -2.28. The number of nitrogens with one attached hydrogen (secondary N) is 1. The Hall–Kier alpha value is -4.07. The molecule has 0 spiro atoms. The largest absolute Gasteiger partial charge is 0.378 e. The molecule has 4 aromatic rings. The van der Waals surface area contributed by atoms with Crippen LogP contribution >= 0.6 is 0 Å². The van der Waals surface area contributed by atoms with Gasteiger partial charge in [-0.05, 0) is 36.4 Å². The minimum atomic E-state index is -4.05. The zero-order chi connectivity index (χ0) is 25.3. The van der Waals surface area contributed by atoms with Crippen LogP contribution in [-0.4, -0.2) is 59.0 Å². The van der Waals surface area contributed by atoms with Crippen LogP contribution in [0.15, 0.2) is 71.1 Å². The quantitative estimate of drug-likeness (QED) is 0.353. The summed E-state index contributed by atoms with van der Waals surface area (Å²) in [5.74, 6) is 0.420. The number of rotatable bonds is 7. The van der Waals surface area contributed by atoms with Gasteiger partial charge in [0.25, 0.3) is 15.6 Å². The first kappa shape index (κ1) is 23.7. The predicted molar refractivity (Wildman–Crippen MR) is 135 cm³/mol. The number of ether oxygens (including phenoxy) is 1. The molecule has 0 radical (unpaired) electrons. The number of allylic oxidation sites excluding steroid dienone is 1. The van der Waals surface area contributed by atoms with E-state index < -0.39 is 10.0 Å². The van der Waals surface area contributed by atoms with Gasteiger partial charge >= 0.3 is 0 Å². The van der Waals surface area contributed by atoms with E-state index in [9.17, 15) is 13.2 Å². The fourth-order valence-electron chi connectivity index (χ4n) is 4.00. The van der Waals surface area contributed by atoms with Crippen molar-refractivity contribution in [3.63, 3.8) is 0 Å². The van der Waals surface area contributed by atoms with Crippen molar-refractivity contribution in [3.05, 3.63) is 71.7 Å². The van der Waals surface area contributed by atoms with Crippen LogP contribution in [0.5, 0.6) is 0 Å². The van der Waals surface area contributed by atoms with E-state index in [1.807, 2.05) is 24.3 Å². The molecule has 0 atom stereocenters. The number of nitrogens with two attached hydrogens (primary N) is 1. The number of benzene rings is 1. The van der Waals surface area contributed by atoms with Gasteiger partial charge < -0.3 is 15.0 Å². The molecule has 12 nitrogen and oxygen atoms in total. The zero-order valence-electron chi connectivity index (χ0n) is 19.2. The molecule has 5 rings (SSSR count). The topological polar surface area (TPSA) is 150 Å². The maximum absolute atomic E-state index is 13.1. The molecule has 1 saturated heterocycles. The molecule has 0 amide bonds. The molecule has 0 saturated carbocycles. The Morgan fingerprint density at radius 1 is 1.11 bits per heavy atom. The van der Waals surface area contributed by atoms with Gasteiger partial charge in [-0.15, -0.1) is 6.58 Å². The summed E-state index contributed by atoms with van der Waals surface area (Å²) in [5, 5.41) is 8.33. The first-order valence-corrected chi connectivity index (χ1v) is 12.7. The van der Waals surface area contributed by atoms with Gasteiger partial charge in [0, 0.05) is 30.7 Å². The van der Waals surface area contributed by atoms with E-state index >= 15 is 0 Å². The highest BCUT2D eigenvalue weighted by Crippen LogP contribution is 2.22. The number of morpholine rings is 1. The van der Waals surface area contributed by atoms with Crippen LogP contribution in [0.25, 0.3) is 16.9 Å². The Morgan fingerprint density at radius 3 is 2.56 bits per heavy atom. The van der Waals surface area contributed by atoms with Crippen molar-refractivity contribution >= 4 is 38.4 Å². The van der Waals surface area contributed by atoms with Gasteiger partial charge in [-0.25, -0.2) is 32.9 Å². The maximum atomic E-state index is 13.1. The van der Waals surface area contributed by atoms with Crippen LogP contribution in [0.1, 0.15) is 0 Å². The normalized spacial score (nSPS) is 14.2. The second-order valence-corrected chi connectivity index (χ2v) is 9.58. The molecule has 0 aliphatic carbocycles. The average Bonchev–Trinajstić information content (AvgIpc) is 3.15. The molecule has 4 heterocycles. The van der Waals surface area contributed by atoms with Crippen LogP contribution in [0.4, 0.5) is 17.3 Å². The van der Waals surface area contributed by atoms with Crippen molar-refractivity contribution in [2.75, 3.05) is 36.5 Å². The van der Waals surface area contributed by atoms with Crippen LogP contribution in [0.2, 0.25) is 0 Å². The highest BCUT2D eigenvalue weighted by Gasteiger charge is 2.19. The Bertz CT molecular complexity index is 1590. The first-order valence-electron chi connectivity index (χ1n) is 11.1. The zero-order valence-corrected chi connectivity index (χ0v) is 20.1. The molecule has 3 N–H and O–H groups in total. The Labute approximate surface area is 206 Å². The SMILES string of the molecule is C=CCn1c(=O)c2cnc(Nc3ccc(N4CCOCC4)cc3)nc2n1-c1cccc(S(N)(=O)=O)n1. The fourth-order valence-corrected chi connectivity index (χ4v) is 4.48. The minimum Gasteiger partial charge on any atom is -0.378 e. The molecule has 13 heteroatoms. The predicted octanol–water partition coefficient (Wildman–Crippen LogP) is 1.39. The summed E-state index contributed by atoms with van der Waals surface area (Å²) in [6, 6.07) is 12.2. The molecule has 1 fully saturated rings. The third-order valence-electron chi connectivity index (χ3n) is 5.69. The molecule has 1 aromatic carbocycles. The lowest BCUT2D eigenvalue weighted by atomic mass is 10.2. The van der Waals surface area contributed by atoms with E-state index in [1.165, 1.54) is 27.7 Å². The number of fused-ring (bicyclic) bond motifs is 1. The van der Waals surface area contributed by atoms with E-state index in [0.717, 1.165) is 24.5 Å². The summed E-state index contributed by atoms with van der Waals surface area (Å²) >= 11 is 0. The Morgan fingerprint density at radius 2 is 1.86 bits per heavy atom. The van der Waals surface area contributed by atoms with Crippen LogP contribution in [0, 0.1) is 0 Å². The second kappa shape index (κ2) is 9.53. The van der Waals surface area contributed by atoms with Gasteiger partial charge in [0.05, 0.1) is 19.8 Å². The van der Waals surface area contributed by atoms with Crippen molar-refractivity contribution in [3.8, 4) is 5.82 Å². The molecule has 0 unspecified atom stereocenters. The van der Waals surface area contributed by atoms with Crippen molar-refractivity contribution in [1.82, 2.24) is 24.3 Å². The minimum absolute atomic E-state index is 0.141. The molecule has 1 aliphatic heterocycles. The van der Waals surface area contributed by atoms with Crippen molar-refractivity contribution in [1.29, 1.82) is 0 Å². The molecule has 36 heavy (non-hydrogen) atoms. The lowest BCUT2D eigenvalue weighted by molar-refractivity contribution is 0.122. The lowest BCUT2D eigenvalue weighted by Crippen LogP contribution is -2.36. The van der Waals surface area contributed by atoms with Crippen molar-refractivity contribution in [2.45, 2.75) is 11.6 Å². The van der Waals surface area contributed by atoms with E-state index in [-0.39, 0.29) is 39.9 Å². The highest BCUT2D eigenvalue weighted by molar-refractivity contribution is 7.89. The molecular formula is C23H24N8O4S. The number of anilines is 3. The van der Waals surface area contributed by atoms with E-state index in [4.69, 9.17) is 9.88 Å². The number of aromatic nitrogens is 5. The number of pyridine rings is 1. The van der Waals surface area contributed by atoms with Crippen molar-refractivity contribution in [2.24, 2.45) is 5.14 Å². The van der Waals surface area contributed by atoms with Gasteiger partial charge in [-0.2, -0.15) is 4.98 Å². The summed E-state index contributed by atoms with van der Waals surface area (Å²) in [7, 11) is -4.05. The van der Waals surface area contributed by atoms with Crippen molar-refractivity contribution < 1.29 is 13.2 Å². The average molecular weight is 509 g/mol. The molecule has 3 aromatic heterocycles. The summed E-state index contributed by atoms with van der Waals surface area (Å²) in [6.45, 7) is 6.93. The number of hydrogen-bond acceptors (Lipinski definition) is 9. The van der Waals surface area contributed by atoms with Gasteiger partial charge in [-0.1, -0.05) is 12.1 Å². The fraction of sp³-hybridized carbons (Fsp3) is 0.217. The van der Waals surface area contributed by atoms with Crippen LogP contribution < -0.4 is 20.9 Å². The van der Waals surface area contributed by atoms with Gasteiger partial charge in [0.1, 0.15) is 5.39 Å².